The highest BCUT2D eigenvalue weighted by atomic mass is 32.1. The predicted molar refractivity (Wildman–Crippen MR) is 139 cm³/mol. The summed E-state index contributed by atoms with van der Waals surface area (Å²) in [7, 11) is 0. The maximum Gasteiger partial charge on any atom is 0.338 e. The molecule has 0 amide bonds. The number of rotatable bonds is 5. The summed E-state index contributed by atoms with van der Waals surface area (Å²) in [6, 6.07) is 15.5. The maximum absolute atomic E-state index is 13.8. The number of para-hydroxylation sites is 1. The molecule has 1 aliphatic heterocycles. The quantitative estimate of drug-likeness (QED) is 0.426. The molecule has 0 bridgehead atoms. The average Bonchev–Trinajstić information content (AvgIpc) is 3.39. The Morgan fingerprint density at radius 1 is 1.20 bits per heavy atom. The second-order valence-corrected chi connectivity index (χ2v) is 9.92. The van der Waals surface area contributed by atoms with Crippen LogP contribution in [0, 0.1) is 0 Å². The molecule has 0 saturated heterocycles. The number of nitrogens with zero attached hydrogens (tertiary/aromatic N) is 2. The summed E-state index contributed by atoms with van der Waals surface area (Å²) in [6.07, 6.45) is 3.80. The SMILES string of the molecule is CCOC(=O)C1=C(C)N=c2s/c(=C/c3c[nH]c4ccccc34)c(=O)n2[C@H]1c1ccc(C(C)C)cc1. The van der Waals surface area contributed by atoms with E-state index in [1.807, 2.05) is 48.7 Å². The van der Waals surface area contributed by atoms with Gasteiger partial charge in [0.05, 0.1) is 28.5 Å². The number of allylic oxidation sites excluding steroid dienone is 1. The van der Waals surface area contributed by atoms with Crippen LogP contribution in [0.4, 0.5) is 0 Å². The molecular weight excluding hydrogens is 458 g/mol. The van der Waals surface area contributed by atoms with Gasteiger partial charge in [-0.15, -0.1) is 0 Å². The van der Waals surface area contributed by atoms with Crippen LogP contribution in [-0.4, -0.2) is 22.1 Å². The molecule has 178 valence electrons. The second kappa shape index (κ2) is 9.15. The second-order valence-electron chi connectivity index (χ2n) is 8.91. The van der Waals surface area contributed by atoms with Crippen molar-refractivity contribution in [2.24, 2.45) is 4.99 Å². The van der Waals surface area contributed by atoms with Crippen molar-refractivity contribution < 1.29 is 9.53 Å². The van der Waals surface area contributed by atoms with E-state index >= 15 is 0 Å². The third kappa shape index (κ3) is 4.06. The van der Waals surface area contributed by atoms with E-state index in [4.69, 9.17) is 4.74 Å². The molecule has 0 aliphatic carbocycles. The summed E-state index contributed by atoms with van der Waals surface area (Å²) in [4.78, 5) is 35.3. The molecular formula is C28H27N3O3S. The van der Waals surface area contributed by atoms with E-state index in [9.17, 15) is 9.59 Å². The molecule has 1 atom stereocenters. The monoisotopic (exact) mass is 485 g/mol. The van der Waals surface area contributed by atoms with E-state index in [1.54, 1.807) is 18.4 Å². The van der Waals surface area contributed by atoms with Gasteiger partial charge in [0.25, 0.3) is 5.56 Å². The lowest BCUT2D eigenvalue weighted by molar-refractivity contribution is -0.139. The number of aromatic amines is 1. The van der Waals surface area contributed by atoms with Crippen molar-refractivity contribution in [3.05, 3.63) is 102 Å². The summed E-state index contributed by atoms with van der Waals surface area (Å²) in [5.74, 6) is -0.0680. The fourth-order valence-electron chi connectivity index (χ4n) is 4.52. The molecule has 0 saturated carbocycles. The fraction of sp³-hybridized carbons (Fsp3) is 0.250. The van der Waals surface area contributed by atoms with Crippen molar-refractivity contribution >= 4 is 34.3 Å². The first-order valence-corrected chi connectivity index (χ1v) is 12.6. The Bertz CT molecular complexity index is 1640. The molecule has 35 heavy (non-hydrogen) atoms. The number of hydrogen-bond donors (Lipinski definition) is 1. The van der Waals surface area contributed by atoms with Crippen LogP contribution in [0.1, 0.15) is 56.3 Å². The number of carbonyl (C=O) groups is 1. The summed E-state index contributed by atoms with van der Waals surface area (Å²) < 4.78 is 7.58. The minimum absolute atomic E-state index is 0.175. The van der Waals surface area contributed by atoms with Gasteiger partial charge >= 0.3 is 5.97 Å². The first-order valence-electron chi connectivity index (χ1n) is 11.7. The van der Waals surface area contributed by atoms with Crippen molar-refractivity contribution in [2.75, 3.05) is 6.61 Å². The van der Waals surface area contributed by atoms with Crippen molar-refractivity contribution in [1.29, 1.82) is 0 Å². The number of H-pyrrole nitrogens is 1. The van der Waals surface area contributed by atoms with Gasteiger partial charge in [-0.1, -0.05) is 67.6 Å². The van der Waals surface area contributed by atoms with Crippen LogP contribution in [0.5, 0.6) is 0 Å². The zero-order chi connectivity index (χ0) is 24.7. The van der Waals surface area contributed by atoms with E-state index in [1.165, 1.54) is 16.9 Å². The molecule has 1 aliphatic rings. The van der Waals surface area contributed by atoms with Crippen LogP contribution in [0.2, 0.25) is 0 Å². The number of ether oxygens (including phenoxy) is 1. The summed E-state index contributed by atoms with van der Waals surface area (Å²) in [6.45, 7) is 8.10. The summed E-state index contributed by atoms with van der Waals surface area (Å²) in [5.41, 5.74) is 4.79. The Kier molecular flexibility index (Phi) is 6.03. The third-order valence-electron chi connectivity index (χ3n) is 6.34. The number of benzene rings is 2. The van der Waals surface area contributed by atoms with Gasteiger partial charge in [-0.25, -0.2) is 9.79 Å². The molecule has 0 spiro atoms. The number of nitrogens with one attached hydrogen (secondary N) is 1. The standard InChI is InChI=1S/C28H27N3O3S/c1-5-34-27(33)24-17(4)30-28-31(25(24)19-12-10-18(11-13-19)16(2)3)26(32)23(35-28)14-20-15-29-22-9-7-6-8-21(20)22/h6-16,25,29H,5H2,1-4H3/b23-14+/t25-/m0/s1. The topological polar surface area (TPSA) is 76.4 Å². The summed E-state index contributed by atoms with van der Waals surface area (Å²) >= 11 is 1.33. The van der Waals surface area contributed by atoms with Gasteiger partial charge in [0.15, 0.2) is 4.80 Å². The van der Waals surface area contributed by atoms with Crippen LogP contribution in [0.3, 0.4) is 0 Å². The van der Waals surface area contributed by atoms with E-state index in [0.29, 0.717) is 26.5 Å². The number of aromatic nitrogens is 2. The van der Waals surface area contributed by atoms with Crippen molar-refractivity contribution in [2.45, 2.75) is 39.7 Å². The van der Waals surface area contributed by atoms with Crippen molar-refractivity contribution in [3.8, 4) is 0 Å². The predicted octanol–water partition coefficient (Wildman–Crippen LogP) is 4.40. The minimum atomic E-state index is -0.600. The van der Waals surface area contributed by atoms with E-state index in [-0.39, 0.29) is 12.2 Å². The Balaban J connectivity index is 1.72. The lowest BCUT2D eigenvalue weighted by atomic mass is 9.93. The molecule has 2 aromatic heterocycles. The van der Waals surface area contributed by atoms with Gasteiger partial charge in [-0.3, -0.25) is 9.36 Å². The highest BCUT2D eigenvalue weighted by Crippen LogP contribution is 2.31. The molecule has 0 unspecified atom stereocenters. The van der Waals surface area contributed by atoms with Gasteiger partial charge in [-0.05, 0) is 43.0 Å². The highest BCUT2D eigenvalue weighted by molar-refractivity contribution is 7.07. The number of esters is 1. The Morgan fingerprint density at radius 2 is 1.94 bits per heavy atom. The molecule has 7 heteroatoms. The lowest BCUT2D eigenvalue weighted by Crippen LogP contribution is -2.39. The molecule has 6 nitrogen and oxygen atoms in total. The lowest BCUT2D eigenvalue weighted by Gasteiger charge is -2.25. The zero-order valence-corrected chi connectivity index (χ0v) is 21.0. The number of thiazole rings is 1. The van der Waals surface area contributed by atoms with Gasteiger partial charge in [0.2, 0.25) is 0 Å². The van der Waals surface area contributed by atoms with Gasteiger partial charge in [0.1, 0.15) is 0 Å². The zero-order valence-electron chi connectivity index (χ0n) is 20.2. The molecule has 2 aromatic carbocycles. The summed E-state index contributed by atoms with van der Waals surface area (Å²) in [5, 5.41) is 1.04. The first kappa shape index (κ1) is 23.1. The van der Waals surface area contributed by atoms with Crippen molar-refractivity contribution in [3.63, 3.8) is 0 Å². The van der Waals surface area contributed by atoms with Crippen LogP contribution in [0.25, 0.3) is 17.0 Å². The molecule has 0 radical (unpaired) electrons. The Labute approximate surface area is 206 Å². The largest absolute Gasteiger partial charge is 0.463 e. The van der Waals surface area contributed by atoms with Crippen molar-refractivity contribution in [1.82, 2.24) is 9.55 Å². The van der Waals surface area contributed by atoms with Crippen LogP contribution in [-0.2, 0) is 9.53 Å². The Morgan fingerprint density at radius 3 is 2.66 bits per heavy atom. The van der Waals surface area contributed by atoms with E-state index < -0.39 is 12.0 Å². The van der Waals surface area contributed by atoms with Gasteiger partial charge in [0, 0.05) is 22.7 Å². The molecule has 1 N–H and O–H groups in total. The molecule has 4 aromatic rings. The van der Waals surface area contributed by atoms with E-state index in [2.05, 4.69) is 36.0 Å². The molecule has 3 heterocycles. The van der Waals surface area contributed by atoms with Gasteiger partial charge in [-0.2, -0.15) is 0 Å². The van der Waals surface area contributed by atoms with E-state index in [0.717, 1.165) is 22.0 Å². The van der Waals surface area contributed by atoms with Crippen LogP contribution in [0.15, 0.2) is 75.8 Å². The molecule has 0 fully saturated rings. The Hall–Kier alpha value is -3.71. The van der Waals surface area contributed by atoms with Crippen LogP contribution >= 0.6 is 11.3 Å². The molecule has 5 rings (SSSR count). The smallest absolute Gasteiger partial charge is 0.338 e. The van der Waals surface area contributed by atoms with Crippen LogP contribution < -0.4 is 14.9 Å². The van der Waals surface area contributed by atoms with Gasteiger partial charge < -0.3 is 9.72 Å². The number of carbonyl (C=O) groups excluding carboxylic acids is 1. The average molecular weight is 486 g/mol. The fourth-order valence-corrected chi connectivity index (χ4v) is 5.56. The highest BCUT2D eigenvalue weighted by Gasteiger charge is 2.33. The first-order chi connectivity index (χ1) is 16.9. The maximum atomic E-state index is 13.8. The number of hydrogen-bond acceptors (Lipinski definition) is 5. The minimum Gasteiger partial charge on any atom is -0.463 e. The third-order valence-corrected chi connectivity index (χ3v) is 7.33. The number of fused-ring (bicyclic) bond motifs is 2. The normalized spacial score (nSPS) is 16.0.